The number of benzene rings is 4. The van der Waals surface area contributed by atoms with Crippen molar-refractivity contribution < 1.29 is 142 Å². The van der Waals surface area contributed by atoms with Crippen molar-refractivity contribution in [3.63, 3.8) is 0 Å². The number of aromatic amines is 2. The van der Waals surface area contributed by atoms with Crippen molar-refractivity contribution >= 4 is 105 Å². The summed E-state index contributed by atoms with van der Waals surface area (Å²) < 4.78 is 34.5. The molecule has 19 N–H and O–H groups in total. The van der Waals surface area contributed by atoms with Crippen LogP contribution in [-0.4, -0.2) is 435 Å². The number of carboxylic acid groups (broad SMARTS) is 6. The first-order valence-electron chi connectivity index (χ1n) is 47.1. The van der Waals surface area contributed by atoms with Crippen LogP contribution in [0.25, 0.3) is 22.1 Å². The van der Waals surface area contributed by atoms with Crippen LogP contribution >= 0.6 is 0 Å². The van der Waals surface area contributed by atoms with Gasteiger partial charge in [0.2, 0.25) is 23.6 Å². The van der Waals surface area contributed by atoms with Crippen molar-refractivity contribution in [3.05, 3.63) is 131 Å². The number of rotatable bonds is 61. The number of carboxylic acids is 6. The van der Waals surface area contributed by atoms with Gasteiger partial charge in [0.25, 0.3) is 11.8 Å². The van der Waals surface area contributed by atoms with Crippen molar-refractivity contribution in [2.75, 3.05) is 216 Å². The third-order valence-electron chi connectivity index (χ3n) is 23.5. The molecule has 6 amide bonds. The standard InChI is InChI=1S/C93H134N18O28.CH4O/c1-104(57-78-98-70-11-3-4-12-71(70)99-78)90(130)63-15-18-68-65(49-63)54-110(92(132)76(96-68)52-83(119)120)27-9-39-136-43-47-138-45-41-134-37-7-25-94-80(114)22-20-74(103-89(129)75(21-24-82(117)118)102-87(127)62(17-23-81(115)116)51-67(113)56-106-29-30-107(59-85(123)124)31-32-108(60-86(125)126)34-36-109(61-112)35-33-106)88(128)95-26-8-38-135-42-46-139-48-44-137-40-10-28-111-55-66-50-64(16-19-69(66)97-77(93(111)133)53-84(121)122)91(131)105(2)58-79-100-72-13-5-6-14-73(72)101-79;1-2/h3-6,11-16,18-19,21,24,49-50,62,67,74-77,89,92,96-97,103,112-113,129,132H,7-10,17,20,22-23,25-48,51-61H2,1-2H3,(H,94,114)(H,95,128)(H,98,99)(H,100,101)(H,102,127)(H,115,116)(H,117,118)(H,119,120)(H,121,122)(H,123,124)(H,125,126);2H,1H3/b24-21+;/t62-,67-,74+,75+,76+,77+,89+,92+;/m1./s1. The zero-order valence-electron chi connectivity index (χ0n) is 80.0. The molecule has 778 valence electrons. The molecule has 141 heavy (non-hydrogen) atoms. The minimum Gasteiger partial charge on any atom is -0.481 e. The number of aliphatic hydroxyl groups excluding tert-OH is 5. The monoisotopic (exact) mass is 1980 g/mol. The lowest BCUT2D eigenvalue weighted by atomic mass is 9.94. The van der Waals surface area contributed by atoms with Crippen LogP contribution in [0.1, 0.15) is 114 Å². The van der Waals surface area contributed by atoms with E-state index in [1.165, 1.54) is 4.90 Å². The molecule has 47 nitrogen and oxygen atoms in total. The SMILES string of the molecule is CN(Cc1nc2ccccc2[nH]1)C(=O)c1ccc2c(c1)CN(CCCOCCOCCOCCCNC(=O)[C@H](CCC(=O)NCCCOCCOCCOCCCN1Cc3cc(C(=O)N(C)Cc4nc5ccccc5[nH]4)ccc3N[C@@H](CC(=O)O)[C@@H]1O)N[C@@H](O)[C@H](/C=C/C(=O)O)NC(=O)[C@H](CCC(=O)O)C[C@@H](O)CN1CCN(CO)CCN(CC(=O)O)CCN(CC(=O)O)CC1)C(=O)[C@H](CC(=O)O)N2.CO. The molecule has 1 fully saturated rings. The number of β-amino-alcohol motifs (C(OH)–C–C–N with tert-alkyl or cyclic N) is 1. The summed E-state index contributed by atoms with van der Waals surface area (Å²) in [6.45, 7) is 4.15. The molecule has 5 heterocycles. The van der Waals surface area contributed by atoms with Crippen molar-refractivity contribution in [1.29, 1.82) is 0 Å². The van der Waals surface area contributed by atoms with E-state index < -0.39 is 128 Å². The number of aromatic nitrogens is 4. The van der Waals surface area contributed by atoms with Crippen molar-refractivity contribution in [3.8, 4) is 0 Å². The number of nitrogens with zero attached hydrogens (tertiary/aromatic N) is 10. The lowest BCUT2D eigenvalue weighted by molar-refractivity contribution is -0.141. The topological polar surface area (TPSA) is 638 Å². The smallest absolute Gasteiger partial charge is 0.328 e. The van der Waals surface area contributed by atoms with E-state index in [2.05, 4.69) is 51.8 Å². The minimum absolute atomic E-state index is 0.0157. The van der Waals surface area contributed by atoms with Gasteiger partial charge in [0.05, 0.1) is 145 Å². The number of carbonyl (C=O) groups is 12. The molecule has 4 aromatic carbocycles. The van der Waals surface area contributed by atoms with Crippen LogP contribution in [0.4, 0.5) is 11.4 Å². The van der Waals surface area contributed by atoms with Crippen LogP contribution in [0, 0.1) is 5.92 Å². The first-order chi connectivity index (χ1) is 67.8. The molecule has 0 bridgehead atoms. The lowest BCUT2D eigenvalue weighted by Gasteiger charge is -2.34. The first kappa shape index (κ1) is 114. The Balaban J connectivity index is 0.0000121. The van der Waals surface area contributed by atoms with Crippen LogP contribution in [-0.2, 0) is 103 Å². The molecular weight excluding hydrogens is 1850 g/mol. The molecule has 2 aromatic heterocycles. The van der Waals surface area contributed by atoms with Crippen LogP contribution in [0.3, 0.4) is 0 Å². The van der Waals surface area contributed by atoms with Crippen LogP contribution in [0.5, 0.6) is 0 Å². The van der Waals surface area contributed by atoms with E-state index in [1.54, 1.807) is 84.8 Å². The highest BCUT2D eigenvalue weighted by Gasteiger charge is 2.37. The summed E-state index contributed by atoms with van der Waals surface area (Å²) in [6.07, 6.45) is -4.17. The third kappa shape index (κ3) is 40.9. The summed E-state index contributed by atoms with van der Waals surface area (Å²) >= 11 is 0. The largest absolute Gasteiger partial charge is 0.481 e. The molecular formula is C94H138N18O29. The van der Waals surface area contributed by atoms with Crippen molar-refractivity contribution in [2.24, 2.45) is 5.92 Å². The lowest BCUT2D eigenvalue weighted by Crippen LogP contribution is -2.56. The number of amides is 6. The van der Waals surface area contributed by atoms with Crippen molar-refractivity contribution in [2.45, 2.75) is 140 Å². The van der Waals surface area contributed by atoms with E-state index in [4.69, 9.17) is 33.5 Å². The molecule has 0 radical (unpaired) electrons. The van der Waals surface area contributed by atoms with Gasteiger partial charge in [-0.2, -0.15) is 0 Å². The third-order valence-corrected chi connectivity index (χ3v) is 23.5. The number of nitrogens with one attached hydrogen (secondary N) is 8. The summed E-state index contributed by atoms with van der Waals surface area (Å²) in [5.74, 6) is -10.5. The highest BCUT2D eigenvalue weighted by Crippen LogP contribution is 2.31. The van der Waals surface area contributed by atoms with E-state index in [-0.39, 0.29) is 247 Å². The van der Waals surface area contributed by atoms with Gasteiger partial charge in [0, 0.05) is 193 Å². The second-order valence-electron chi connectivity index (χ2n) is 34.3. The fourth-order valence-electron chi connectivity index (χ4n) is 16.2. The summed E-state index contributed by atoms with van der Waals surface area (Å²) in [4.78, 5) is 183. The van der Waals surface area contributed by atoms with Gasteiger partial charge in [0.15, 0.2) is 0 Å². The second-order valence-corrected chi connectivity index (χ2v) is 34.3. The molecule has 1 saturated heterocycles. The number of fused-ring (bicyclic) bond motifs is 4. The van der Waals surface area contributed by atoms with E-state index >= 15 is 0 Å². The molecule has 9 rings (SSSR count). The number of imidazole rings is 2. The Morgan fingerprint density at radius 3 is 1.50 bits per heavy atom. The number of para-hydroxylation sites is 4. The number of ether oxygens (including phenoxy) is 6. The minimum atomic E-state index is -1.97. The average molecular weight is 1980 g/mol. The predicted octanol–water partition coefficient (Wildman–Crippen LogP) is -0.0737. The molecule has 3 aliphatic rings. The van der Waals surface area contributed by atoms with E-state index in [9.17, 15) is 109 Å². The summed E-state index contributed by atoms with van der Waals surface area (Å²) in [6, 6.07) is 20.2. The van der Waals surface area contributed by atoms with Gasteiger partial charge >= 0.3 is 35.8 Å². The first-order valence-corrected chi connectivity index (χ1v) is 47.1. The number of carbonyl (C=O) groups excluding carboxylic acids is 6. The van der Waals surface area contributed by atoms with E-state index in [0.717, 1.165) is 35.3 Å². The van der Waals surface area contributed by atoms with Gasteiger partial charge < -0.3 is 136 Å². The molecule has 0 saturated carbocycles. The van der Waals surface area contributed by atoms with Crippen molar-refractivity contribution in [1.82, 2.24) is 80.4 Å². The highest BCUT2D eigenvalue weighted by atomic mass is 16.6. The Labute approximate surface area is 816 Å². The van der Waals surface area contributed by atoms with E-state index in [0.29, 0.717) is 77.2 Å². The Hall–Kier alpha value is -11.9. The van der Waals surface area contributed by atoms with Gasteiger partial charge in [-0.15, -0.1) is 0 Å². The number of aliphatic carboxylic acids is 6. The average Bonchev–Trinajstić information content (AvgIpc) is 1.69. The maximum atomic E-state index is 14.4. The summed E-state index contributed by atoms with van der Waals surface area (Å²) in [5, 5.41) is 128. The number of H-pyrrole nitrogens is 2. The van der Waals surface area contributed by atoms with Crippen LogP contribution in [0.2, 0.25) is 0 Å². The normalized spacial score (nSPS) is 17.0. The quantitative estimate of drug-likeness (QED) is 0.0135. The Morgan fingerprint density at radius 2 is 1.01 bits per heavy atom. The number of aliphatic hydroxyl groups is 5. The van der Waals surface area contributed by atoms with E-state index in [1.807, 2.05) is 48.5 Å². The number of hydrogen-bond donors (Lipinski definition) is 19. The summed E-state index contributed by atoms with van der Waals surface area (Å²) in [7, 11) is 4.33. The zero-order valence-corrected chi connectivity index (χ0v) is 80.0. The van der Waals surface area contributed by atoms with Crippen LogP contribution < -0.4 is 31.9 Å². The molecule has 0 aliphatic carbocycles. The Kier molecular flexibility index (Phi) is 50.1. The van der Waals surface area contributed by atoms with Gasteiger partial charge in [-0.3, -0.25) is 82.6 Å². The zero-order chi connectivity index (χ0) is 102. The predicted molar refractivity (Wildman–Crippen MR) is 510 cm³/mol. The Bertz CT molecular complexity index is 4930. The molecule has 6 aromatic rings. The van der Waals surface area contributed by atoms with Gasteiger partial charge in [-0.05, 0) is 117 Å². The maximum absolute atomic E-state index is 14.4. The van der Waals surface area contributed by atoms with Gasteiger partial charge in [-0.1, -0.05) is 30.3 Å². The fraction of sp³-hybridized carbons (Fsp3) is 0.574. The summed E-state index contributed by atoms with van der Waals surface area (Å²) in [5.41, 5.74) is 6.46. The Morgan fingerprint density at radius 1 is 0.532 bits per heavy atom. The highest BCUT2D eigenvalue weighted by molar-refractivity contribution is 5.97. The van der Waals surface area contributed by atoms with Gasteiger partial charge in [0.1, 0.15) is 30.1 Å². The fourth-order valence-corrected chi connectivity index (χ4v) is 16.2. The molecule has 0 spiro atoms. The molecule has 47 heteroatoms. The van der Waals surface area contributed by atoms with Crippen LogP contribution in [0.15, 0.2) is 97.1 Å². The molecule has 3 aliphatic heterocycles. The van der Waals surface area contributed by atoms with Gasteiger partial charge in [-0.25, -0.2) is 14.8 Å². The molecule has 0 unspecified atom stereocenters. The molecule has 8 atom stereocenters. The number of hydrogen-bond acceptors (Lipinski definition) is 33. The number of anilines is 2. The maximum Gasteiger partial charge on any atom is 0.328 e. The second kappa shape index (κ2) is 61.7.